The van der Waals surface area contributed by atoms with E-state index in [2.05, 4.69) is 0 Å². The highest BCUT2D eigenvalue weighted by Gasteiger charge is 2.39. The number of carbonyl (C=O) groups excluding carboxylic acids is 2. The molecule has 0 amide bonds. The summed E-state index contributed by atoms with van der Waals surface area (Å²) in [6, 6.07) is 0. The number of carbonyl (C=O) groups is 2. The number of ketones is 1. The first-order valence-corrected chi connectivity index (χ1v) is 5.81. The van der Waals surface area contributed by atoms with Crippen molar-refractivity contribution in [3.8, 4) is 0 Å². The van der Waals surface area contributed by atoms with Gasteiger partial charge in [0, 0.05) is 6.92 Å². The van der Waals surface area contributed by atoms with Gasteiger partial charge in [-0.1, -0.05) is 0 Å². The first-order chi connectivity index (χ1) is 6.92. The minimum atomic E-state index is -0.792. The molecule has 0 unspecified atom stereocenters. The van der Waals surface area contributed by atoms with E-state index in [9.17, 15) is 9.59 Å². The topological polar surface area (TPSA) is 43.4 Å². The van der Waals surface area contributed by atoms with Crippen LogP contribution in [-0.4, -0.2) is 22.9 Å². The van der Waals surface area contributed by atoms with Crippen LogP contribution in [0.3, 0.4) is 0 Å². The normalized spacial score (nSPS) is 19.3. The molecule has 0 saturated carbocycles. The predicted molar refractivity (Wildman–Crippen MR) is 60.5 cm³/mol. The van der Waals surface area contributed by atoms with Gasteiger partial charge in [0.1, 0.15) is 0 Å². The second-order valence-electron chi connectivity index (χ2n) is 3.47. The third-order valence-corrected chi connectivity index (χ3v) is 3.63. The summed E-state index contributed by atoms with van der Waals surface area (Å²) in [4.78, 5) is 21.6. The van der Waals surface area contributed by atoms with Gasteiger partial charge in [-0.25, -0.2) is 0 Å². The summed E-state index contributed by atoms with van der Waals surface area (Å²) in [5.74, 6) is -0.402. The maximum atomic E-state index is 11.3. The second kappa shape index (κ2) is 4.23. The Hall–Kier alpha value is -1.03. The maximum Gasteiger partial charge on any atom is 0.304 e. The van der Waals surface area contributed by atoms with E-state index in [-0.39, 0.29) is 11.8 Å². The molecule has 82 valence electrons. The number of hydrogen-bond donors (Lipinski definition) is 0. The lowest BCUT2D eigenvalue weighted by Crippen LogP contribution is -2.36. The summed E-state index contributed by atoms with van der Waals surface area (Å²) in [5.41, 5.74) is 1.52. The standard InChI is InChI=1S/C11H14O3S/c1-7-5-10(13)6-8(2)11(7,15-4)14-9(3)12/h5-6H,1-4H3. The Morgan fingerprint density at radius 3 is 2.13 bits per heavy atom. The summed E-state index contributed by atoms with van der Waals surface area (Å²) in [6.45, 7) is 4.97. The van der Waals surface area contributed by atoms with E-state index in [0.717, 1.165) is 11.1 Å². The van der Waals surface area contributed by atoms with Gasteiger partial charge in [-0.15, -0.1) is 11.8 Å². The molecule has 0 aromatic heterocycles. The molecule has 1 aliphatic rings. The Morgan fingerprint density at radius 2 is 1.80 bits per heavy atom. The zero-order valence-corrected chi connectivity index (χ0v) is 10.1. The highest BCUT2D eigenvalue weighted by atomic mass is 32.2. The van der Waals surface area contributed by atoms with Crippen molar-refractivity contribution in [2.24, 2.45) is 0 Å². The summed E-state index contributed by atoms with van der Waals surface area (Å²) < 4.78 is 5.34. The van der Waals surface area contributed by atoms with Crippen LogP contribution in [0, 0.1) is 0 Å². The van der Waals surface area contributed by atoms with Crippen molar-refractivity contribution >= 4 is 23.5 Å². The van der Waals surface area contributed by atoms with Crippen molar-refractivity contribution in [3.63, 3.8) is 0 Å². The van der Waals surface area contributed by atoms with Gasteiger partial charge in [0.05, 0.1) is 0 Å². The van der Waals surface area contributed by atoms with Crippen molar-refractivity contribution in [2.75, 3.05) is 6.26 Å². The highest BCUT2D eigenvalue weighted by Crippen LogP contribution is 2.41. The van der Waals surface area contributed by atoms with Gasteiger partial charge in [-0.3, -0.25) is 9.59 Å². The Morgan fingerprint density at radius 1 is 1.33 bits per heavy atom. The quantitative estimate of drug-likeness (QED) is 0.534. The van der Waals surface area contributed by atoms with Crippen molar-refractivity contribution in [1.82, 2.24) is 0 Å². The monoisotopic (exact) mass is 226 g/mol. The average molecular weight is 226 g/mol. The fraction of sp³-hybridized carbons (Fsp3) is 0.455. The molecule has 0 atom stereocenters. The molecule has 0 heterocycles. The molecule has 0 aliphatic heterocycles. The van der Waals surface area contributed by atoms with E-state index < -0.39 is 4.93 Å². The van der Waals surface area contributed by atoms with E-state index in [1.54, 1.807) is 13.8 Å². The van der Waals surface area contributed by atoms with Gasteiger partial charge in [-0.05, 0) is 43.4 Å². The van der Waals surface area contributed by atoms with Gasteiger partial charge in [0.2, 0.25) is 4.93 Å². The molecular formula is C11H14O3S. The molecule has 0 saturated heterocycles. The lowest BCUT2D eigenvalue weighted by Gasteiger charge is -2.35. The third-order valence-electron chi connectivity index (χ3n) is 2.33. The Bertz CT molecular complexity index is 344. The zero-order chi connectivity index (χ0) is 11.6. The predicted octanol–water partition coefficient (Wildman–Crippen LogP) is 2.08. The lowest BCUT2D eigenvalue weighted by atomic mass is 9.95. The van der Waals surface area contributed by atoms with Crippen LogP contribution < -0.4 is 0 Å². The van der Waals surface area contributed by atoms with Crippen LogP contribution in [0.15, 0.2) is 23.3 Å². The molecule has 4 heteroatoms. The largest absolute Gasteiger partial charge is 0.440 e. The number of esters is 1. The molecular weight excluding hydrogens is 212 g/mol. The van der Waals surface area contributed by atoms with Crippen LogP contribution in [0.2, 0.25) is 0 Å². The van der Waals surface area contributed by atoms with Gasteiger partial charge in [0.15, 0.2) is 5.78 Å². The van der Waals surface area contributed by atoms with Crippen molar-refractivity contribution in [1.29, 1.82) is 0 Å². The van der Waals surface area contributed by atoms with Crippen LogP contribution in [0.1, 0.15) is 20.8 Å². The molecule has 0 radical (unpaired) electrons. The van der Waals surface area contributed by atoms with E-state index in [0.29, 0.717) is 0 Å². The molecule has 0 bridgehead atoms. The highest BCUT2D eigenvalue weighted by molar-refractivity contribution is 8.00. The smallest absolute Gasteiger partial charge is 0.304 e. The number of hydrogen-bond acceptors (Lipinski definition) is 4. The van der Waals surface area contributed by atoms with Crippen LogP contribution in [-0.2, 0) is 14.3 Å². The lowest BCUT2D eigenvalue weighted by molar-refractivity contribution is -0.145. The van der Waals surface area contributed by atoms with Crippen molar-refractivity contribution in [2.45, 2.75) is 25.7 Å². The molecule has 1 rings (SSSR count). The van der Waals surface area contributed by atoms with E-state index >= 15 is 0 Å². The van der Waals surface area contributed by atoms with E-state index in [1.165, 1.54) is 30.8 Å². The Kier molecular flexibility index (Phi) is 3.39. The molecule has 1 aliphatic carbocycles. The Balaban J connectivity index is 3.17. The minimum absolute atomic E-state index is 0.0539. The zero-order valence-electron chi connectivity index (χ0n) is 9.29. The summed E-state index contributed by atoms with van der Waals surface area (Å²) in [5, 5.41) is 0. The van der Waals surface area contributed by atoms with Gasteiger partial charge in [0.25, 0.3) is 0 Å². The summed E-state index contributed by atoms with van der Waals surface area (Å²) >= 11 is 1.41. The van der Waals surface area contributed by atoms with E-state index in [1.807, 2.05) is 6.26 Å². The Labute approximate surface area is 93.6 Å². The fourth-order valence-electron chi connectivity index (χ4n) is 1.70. The first-order valence-electron chi connectivity index (χ1n) is 4.58. The van der Waals surface area contributed by atoms with Crippen LogP contribution in [0.25, 0.3) is 0 Å². The number of allylic oxidation sites excluding steroid dienone is 2. The molecule has 0 aromatic rings. The molecule has 0 fully saturated rings. The number of ether oxygens (including phenoxy) is 1. The molecule has 0 N–H and O–H groups in total. The summed E-state index contributed by atoms with van der Waals surface area (Å²) in [6.07, 6.45) is 4.87. The van der Waals surface area contributed by atoms with Crippen LogP contribution in [0.5, 0.6) is 0 Å². The summed E-state index contributed by atoms with van der Waals surface area (Å²) in [7, 11) is 0. The van der Waals surface area contributed by atoms with Crippen molar-refractivity contribution < 1.29 is 14.3 Å². The van der Waals surface area contributed by atoms with Crippen LogP contribution >= 0.6 is 11.8 Å². The van der Waals surface area contributed by atoms with Gasteiger partial charge >= 0.3 is 5.97 Å². The number of thioether (sulfide) groups is 1. The molecule has 0 aromatic carbocycles. The fourth-order valence-corrected chi connectivity index (χ4v) is 2.66. The van der Waals surface area contributed by atoms with E-state index in [4.69, 9.17) is 4.74 Å². The molecule has 0 spiro atoms. The van der Waals surface area contributed by atoms with Crippen LogP contribution in [0.4, 0.5) is 0 Å². The molecule has 15 heavy (non-hydrogen) atoms. The van der Waals surface area contributed by atoms with Crippen molar-refractivity contribution in [3.05, 3.63) is 23.3 Å². The second-order valence-corrected chi connectivity index (χ2v) is 4.45. The minimum Gasteiger partial charge on any atom is -0.440 e. The van der Waals surface area contributed by atoms with Gasteiger partial charge in [-0.2, -0.15) is 0 Å². The maximum absolute atomic E-state index is 11.3. The number of rotatable bonds is 2. The third kappa shape index (κ3) is 2.15. The molecule has 3 nitrogen and oxygen atoms in total. The first kappa shape index (κ1) is 12.0. The SMILES string of the molecule is CSC1(OC(C)=O)C(C)=CC(=O)C=C1C. The average Bonchev–Trinajstić information content (AvgIpc) is 2.11. The van der Waals surface area contributed by atoms with Gasteiger partial charge < -0.3 is 4.74 Å².